The fraction of sp³-hybridized carbons (Fsp3) is 0.308. The number of furan rings is 1. The third kappa shape index (κ3) is 3.88. The summed E-state index contributed by atoms with van der Waals surface area (Å²) in [6.45, 7) is 3.97. The lowest BCUT2D eigenvalue weighted by Gasteiger charge is -2.09. The standard InChI is InChI=1S/C26H26O6/c1-3-4-5-9-12-17-15(2)18-13-19-20(14-21(27)28)23(16-10-7-6-8-11-16)31-25(19)22(29)24(18)32-26(17)30/h6-8,10-11,13,29H,3-5,9,12,14H2,1-2H3,(H,27,28). The van der Waals surface area contributed by atoms with Crippen molar-refractivity contribution in [2.24, 2.45) is 0 Å². The number of carboxylic acids is 1. The average Bonchev–Trinajstić information content (AvgIpc) is 3.13. The minimum atomic E-state index is -1.00. The molecule has 6 nitrogen and oxygen atoms in total. The van der Waals surface area contributed by atoms with Gasteiger partial charge in [-0.1, -0.05) is 56.5 Å². The van der Waals surface area contributed by atoms with E-state index >= 15 is 0 Å². The zero-order valence-corrected chi connectivity index (χ0v) is 18.2. The van der Waals surface area contributed by atoms with Gasteiger partial charge in [-0.15, -0.1) is 0 Å². The highest BCUT2D eigenvalue weighted by Gasteiger charge is 2.24. The summed E-state index contributed by atoms with van der Waals surface area (Å²) in [6.07, 6.45) is 4.46. The van der Waals surface area contributed by atoms with Crippen LogP contribution in [0.1, 0.15) is 49.3 Å². The molecule has 0 fully saturated rings. The van der Waals surface area contributed by atoms with Crippen molar-refractivity contribution in [3.8, 4) is 17.1 Å². The van der Waals surface area contributed by atoms with Crippen LogP contribution in [0.4, 0.5) is 0 Å². The predicted molar refractivity (Wildman–Crippen MR) is 123 cm³/mol. The number of unbranched alkanes of at least 4 members (excludes halogenated alkanes) is 3. The van der Waals surface area contributed by atoms with Crippen LogP contribution in [-0.2, 0) is 17.6 Å². The highest BCUT2D eigenvalue weighted by molar-refractivity contribution is 6.05. The van der Waals surface area contributed by atoms with Gasteiger partial charge in [0.05, 0.1) is 6.42 Å². The molecule has 0 aliphatic heterocycles. The van der Waals surface area contributed by atoms with E-state index in [2.05, 4.69) is 6.92 Å². The SMILES string of the molecule is CCCCCCc1c(C)c2cc3c(CC(=O)O)c(-c4ccccc4)oc3c(O)c2oc1=O. The van der Waals surface area contributed by atoms with Gasteiger partial charge in [0.1, 0.15) is 5.76 Å². The van der Waals surface area contributed by atoms with E-state index in [1.54, 1.807) is 6.07 Å². The van der Waals surface area contributed by atoms with Gasteiger partial charge in [0.25, 0.3) is 0 Å². The Hall–Kier alpha value is -3.54. The van der Waals surface area contributed by atoms with Crippen molar-refractivity contribution in [2.45, 2.75) is 52.4 Å². The molecule has 2 heterocycles. The number of aliphatic carboxylic acids is 1. The Morgan fingerprint density at radius 1 is 0.969 bits per heavy atom. The maximum atomic E-state index is 12.7. The summed E-state index contributed by atoms with van der Waals surface area (Å²) in [5.74, 6) is -0.908. The molecule has 32 heavy (non-hydrogen) atoms. The summed E-state index contributed by atoms with van der Waals surface area (Å²) >= 11 is 0. The summed E-state index contributed by atoms with van der Waals surface area (Å²) in [5, 5.41) is 21.5. The summed E-state index contributed by atoms with van der Waals surface area (Å²) in [5.41, 5.74) is 2.25. The smallest absolute Gasteiger partial charge is 0.339 e. The van der Waals surface area contributed by atoms with Crippen LogP contribution >= 0.6 is 0 Å². The largest absolute Gasteiger partial charge is 0.502 e. The monoisotopic (exact) mass is 434 g/mol. The minimum Gasteiger partial charge on any atom is -0.502 e. The molecular formula is C26H26O6. The van der Waals surface area contributed by atoms with E-state index in [1.165, 1.54) is 0 Å². The second-order valence-corrected chi connectivity index (χ2v) is 8.13. The van der Waals surface area contributed by atoms with Crippen LogP contribution in [0.2, 0.25) is 0 Å². The first-order chi connectivity index (χ1) is 15.4. The Morgan fingerprint density at radius 2 is 1.69 bits per heavy atom. The van der Waals surface area contributed by atoms with Crippen LogP contribution in [0, 0.1) is 6.92 Å². The van der Waals surface area contributed by atoms with E-state index in [9.17, 15) is 19.8 Å². The van der Waals surface area contributed by atoms with E-state index in [1.807, 2.05) is 37.3 Å². The Morgan fingerprint density at radius 3 is 2.38 bits per heavy atom. The van der Waals surface area contributed by atoms with Gasteiger partial charge in [-0.25, -0.2) is 4.79 Å². The number of phenolic OH excluding ortho intramolecular Hbond substituents is 1. The summed E-state index contributed by atoms with van der Waals surface area (Å²) in [7, 11) is 0. The van der Waals surface area contributed by atoms with E-state index in [0.717, 1.165) is 31.2 Å². The maximum Gasteiger partial charge on any atom is 0.339 e. The number of hydrogen-bond donors (Lipinski definition) is 2. The zero-order valence-electron chi connectivity index (χ0n) is 18.2. The van der Waals surface area contributed by atoms with Crippen molar-refractivity contribution in [3.05, 3.63) is 63.5 Å². The highest BCUT2D eigenvalue weighted by Crippen LogP contribution is 2.42. The van der Waals surface area contributed by atoms with Crippen molar-refractivity contribution in [1.82, 2.24) is 0 Å². The topological polar surface area (TPSA) is 101 Å². The third-order valence-corrected chi connectivity index (χ3v) is 5.95. The molecule has 0 unspecified atom stereocenters. The Bertz CT molecular complexity index is 1340. The molecule has 0 spiro atoms. The molecule has 0 atom stereocenters. The van der Waals surface area contributed by atoms with Gasteiger partial charge in [-0.05, 0) is 31.4 Å². The fourth-order valence-corrected chi connectivity index (χ4v) is 4.27. The van der Waals surface area contributed by atoms with E-state index < -0.39 is 11.6 Å². The number of carboxylic acid groups (broad SMARTS) is 1. The first-order valence-corrected chi connectivity index (χ1v) is 10.9. The zero-order chi connectivity index (χ0) is 22.8. The Kier molecular flexibility index (Phi) is 6.04. The first kappa shape index (κ1) is 21.7. The highest BCUT2D eigenvalue weighted by atomic mass is 16.4. The van der Waals surface area contributed by atoms with E-state index in [4.69, 9.17) is 8.83 Å². The van der Waals surface area contributed by atoms with Gasteiger partial charge in [-0.2, -0.15) is 0 Å². The molecule has 2 aromatic carbocycles. The molecule has 0 saturated heterocycles. The van der Waals surface area contributed by atoms with Crippen molar-refractivity contribution in [3.63, 3.8) is 0 Å². The van der Waals surface area contributed by atoms with Crippen molar-refractivity contribution >= 4 is 27.9 Å². The number of carbonyl (C=O) groups is 1. The predicted octanol–water partition coefficient (Wildman–Crippen LogP) is 5.97. The molecule has 2 aromatic heterocycles. The summed E-state index contributed by atoms with van der Waals surface area (Å²) in [4.78, 5) is 24.3. The summed E-state index contributed by atoms with van der Waals surface area (Å²) in [6, 6.07) is 10.9. The number of aryl methyl sites for hydroxylation is 1. The number of phenols is 1. The lowest BCUT2D eigenvalue weighted by atomic mass is 9.97. The van der Waals surface area contributed by atoms with Crippen LogP contribution < -0.4 is 5.63 Å². The fourth-order valence-electron chi connectivity index (χ4n) is 4.27. The summed E-state index contributed by atoms with van der Waals surface area (Å²) < 4.78 is 11.5. The molecule has 166 valence electrons. The first-order valence-electron chi connectivity index (χ1n) is 10.9. The molecule has 4 rings (SSSR count). The van der Waals surface area contributed by atoms with Gasteiger partial charge in [0.2, 0.25) is 5.75 Å². The van der Waals surface area contributed by atoms with Gasteiger partial charge in [-0.3, -0.25) is 4.79 Å². The molecule has 0 bridgehead atoms. The third-order valence-electron chi connectivity index (χ3n) is 5.95. The van der Waals surface area contributed by atoms with Gasteiger partial charge < -0.3 is 19.0 Å². The number of fused-ring (bicyclic) bond motifs is 2. The molecular weight excluding hydrogens is 408 g/mol. The molecule has 4 aromatic rings. The van der Waals surface area contributed by atoms with Crippen molar-refractivity contribution in [2.75, 3.05) is 0 Å². The van der Waals surface area contributed by atoms with Crippen molar-refractivity contribution < 1.29 is 23.8 Å². The van der Waals surface area contributed by atoms with Gasteiger partial charge >= 0.3 is 11.6 Å². The molecule has 0 amide bonds. The van der Waals surface area contributed by atoms with Crippen LogP contribution in [0.25, 0.3) is 33.3 Å². The van der Waals surface area contributed by atoms with Gasteiger partial charge in [0, 0.05) is 27.5 Å². The molecule has 0 aliphatic rings. The number of rotatable bonds is 8. The molecule has 2 N–H and O–H groups in total. The van der Waals surface area contributed by atoms with Crippen LogP contribution in [0.5, 0.6) is 5.75 Å². The lowest BCUT2D eigenvalue weighted by Crippen LogP contribution is -2.10. The Balaban J connectivity index is 1.95. The minimum absolute atomic E-state index is 0.0625. The van der Waals surface area contributed by atoms with E-state index in [0.29, 0.717) is 39.6 Å². The quantitative estimate of drug-likeness (QED) is 0.262. The molecule has 0 radical (unpaired) electrons. The van der Waals surface area contributed by atoms with Gasteiger partial charge in [0.15, 0.2) is 11.2 Å². The number of hydrogen-bond acceptors (Lipinski definition) is 5. The number of aromatic hydroxyl groups is 1. The average molecular weight is 434 g/mol. The van der Waals surface area contributed by atoms with E-state index in [-0.39, 0.29) is 23.3 Å². The maximum absolute atomic E-state index is 12.7. The molecule has 0 aliphatic carbocycles. The van der Waals surface area contributed by atoms with Crippen LogP contribution in [-0.4, -0.2) is 16.2 Å². The molecule has 6 heteroatoms. The number of benzene rings is 2. The Labute approximate surface area is 185 Å². The lowest BCUT2D eigenvalue weighted by molar-refractivity contribution is -0.136. The van der Waals surface area contributed by atoms with Crippen LogP contribution in [0.3, 0.4) is 0 Å². The second-order valence-electron chi connectivity index (χ2n) is 8.13. The normalized spacial score (nSPS) is 11.4. The van der Waals surface area contributed by atoms with Crippen LogP contribution in [0.15, 0.2) is 50.0 Å². The second kappa shape index (κ2) is 8.91. The molecule has 0 saturated carbocycles. The van der Waals surface area contributed by atoms with Crippen molar-refractivity contribution in [1.29, 1.82) is 0 Å².